The SMILES string of the molecule is CC[C@@H](NC(=S)Nc1ncccc1C)c1ccc(OC)c(OC)c1. The van der Waals surface area contributed by atoms with Gasteiger partial charge in [-0.05, 0) is 54.9 Å². The molecule has 0 aliphatic heterocycles. The lowest BCUT2D eigenvalue weighted by Gasteiger charge is -2.21. The molecule has 2 N–H and O–H groups in total. The zero-order valence-electron chi connectivity index (χ0n) is 14.4. The number of thiocarbonyl (C=S) groups is 1. The molecule has 24 heavy (non-hydrogen) atoms. The molecule has 0 radical (unpaired) electrons. The highest BCUT2D eigenvalue weighted by atomic mass is 32.1. The average molecular weight is 345 g/mol. The maximum atomic E-state index is 5.43. The lowest BCUT2D eigenvalue weighted by Crippen LogP contribution is -2.32. The van der Waals surface area contributed by atoms with Crippen molar-refractivity contribution in [3.63, 3.8) is 0 Å². The van der Waals surface area contributed by atoms with Crippen LogP contribution in [-0.2, 0) is 0 Å². The summed E-state index contributed by atoms with van der Waals surface area (Å²) in [6, 6.07) is 9.83. The van der Waals surface area contributed by atoms with Crippen LogP contribution in [0.5, 0.6) is 11.5 Å². The van der Waals surface area contributed by atoms with E-state index in [1.165, 1.54) is 0 Å². The van der Waals surface area contributed by atoms with Gasteiger partial charge in [-0.25, -0.2) is 4.98 Å². The number of anilines is 1. The Balaban J connectivity index is 2.11. The molecular weight excluding hydrogens is 322 g/mol. The molecule has 5 nitrogen and oxygen atoms in total. The topological polar surface area (TPSA) is 55.4 Å². The summed E-state index contributed by atoms with van der Waals surface area (Å²) in [7, 11) is 3.26. The van der Waals surface area contributed by atoms with Crippen molar-refractivity contribution < 1.29 is 9.47 Å². The van der Waals surface area contributed by atoms with Crippen LogP contribution in [0.15, 0.2) is 36.5 Å². The molecule has 2 rings (SSSR count). The van der Waals surface area contributed by atoms with Gasteiger partial charge in [0.1, 0.15) is 5.82 Å². The van der Waals surface area contributed by atoms with E-state index in [-0.39, 0.29) is 6.04 Å². The Hall–Kier alpha value is -2.34. The third-order valence-electron chi connectivity index (χ3n) is 3.76. The van der Waals surface area contributed by atoms with Crippen LogP contribution in [0.4, 0.5) is 5.82 Å². The molecule has 128 valence electrons. The summed E-state index contributed by atoms with van der Waals surface area (Å²) in [6.45, 7) is 4.09. The molecule has 1 aromatic heterocycles. The van der Waals surface area contributed by atoms with Crippen LogP contribution in [-0.4, -0.2) is 24.3 Å². The molecule has 1 atom stereocenters. The second-order valence-corrected chi connectivity index (χ2v) is 5.75. The van der Waals surface area contributed by atoms with Crippen LogP contribution >= 0.6 is 12.2 Å². The number of rotatable bonds is 6. The summed E-state index contributed by atoms with van der Waals surface area (Å²) in [6.07, 6.45) is 2.61. The molecule has 0 saturated carbocycles. The second kappa shape index (κ2) is 8.49. The van der Waals surface area contributed by atoms with E-state index in [0.717, 1.165) is 23.4 Å². The van der Waals surface area contributed by atoms with Crippen LogP contribution in [0.3, 0.4) is 0 Å². The molecule has 6 heteroatoms. The van der Waals surface area contributed by atoms with Crippen LogP contribution in [0, 0.1) is 6.92 Å². The second-order valence-electron chi connectivity index (χ2n) is 5.34. The van der Waals surface area contributed by atoms with Gasteiger partial charge in [0.25, 0.3) is 0 Å². The van der Waals surface area contributed by atoms with Gasteiger partial charge in [-0.3, -0.25) is 0 Å². The van der Waals surface area contributed by atoms with E-state index in [1.54, 1.807) is 20.4 Å². The lowest BCUT2D eigenvalue weighted by molar-refractivity contribution is 0.354. The third kappa shape index (κ3) is 4.35. The lowest BCUT2D eigenvalue weighted by atomic mass is 10.0. The van der Waals surface area contributed by atoms with Gasteiger partial charge in [0.2, 0.25) is 0 Å². The van der Waals surface area contributed by atoms with Gasteiger partial charge >= 0.3 is 0 Å². The number of benzene rings is 1. The molecule has 0 spiro atoms. The predicted octanol–water partition coefficient (Wildman–Crippen LogP) is 3.84. The van der Waals surface area contributed by atoms with Crippen molar-refractivity contribution in [2.24, 2.45) is 0 Å². The van der Waals surface area contributed by atoms with E-state index in [4.69, 9.17) is 21.7 Å². The van der Waals surface area contributed by atoms with Crippen molar-refractivity contribution in [2.45, 2.75) is 26.3 Å². The van der Waals surface area contributed by atoms with Crippen molar-refractivity contribution in [3.05, 3.63) is 47.7 Å². The molecule has 2 aromatic rings. The maximum Gasteiger partial charge on any atom is 0.172 e. The van der Waals surface area contributed by atoms with Crippen molar-refractivity contribution in [3.8, 4) is 11.5 Å². The van der Waals surface area contributed by atoms with E-state index in [9.17, 15) is 0 Å². The molecule has 1 aromatic carbocycles. The highest BCUT2D eigenvalue weighted by Crippen LogP contribution is 2.30. The van der Waals surface area contributed by atoms with Gasteiger partial charge in [-0.1, -0.05) is 19.1 Å². The summed E-state index contributed by atoms with van der Waals surface area (Å²) >= 11 is 5.43. The summed E-state index contributed by atoms with van der Waals surface area (Å²) in [5, 5.41) is 7.02. The number of hydrogen-bond donors (Lipinski definition) is 2. The van der Waals surface area contributed by atoms with Crippen molar-refractivity contribution in [1.29, 1.82) is 0 Å². The number of nitrogens with one attached hydrogen (secondary N) is 2. The van der Waals surface area contributed by atoms with Crippen molar-refractivity contribution in [1.82, 2.24) is 10.3 Å². The predicted molar refractivity (Wildman–Crippen MR) is 101 cm³/mol. The Labute approximate surface area is 148 Å². The summed E-state index contributed by atoms with van der Waals surface area (Å²) in [5.74, 6) is 2.17. The van der Waals surface area contributed by atoms with Gasteiger partial charge < -0.3 is 20.1 Å². The number of hydrogen-bond acceptors (Lipinski definition) is 4. The first-order chi connectivity index (χ1) is 11.6. The molecule has 0 aliphatic carbocycles. The molecule has 0 bridgehead atoms. The van der Waals surface area contributed by atoms with Crippen molar-refractivity contribution in [2.75, 3.05) is 19.5 Å². The minimum atomic E-state index is 0.0637. The first-order valence-corrected chi connectivity index (χ1v) is 8.21. The highest BCUT2D eigenvalue weighted by molar-refractivity contribution is 7.80. The Morgan fingerprint density at radius 3 is 2.58 bits per heavy atom. The zero-order valence-corrected chi connectivity index (χ0v) is 15.2. The minimum Gasteiger partial charge on any atom is -0.493 e. The standard InChI is InChI=1S/C18H23N3O2S/c1-5-14(13-8-9-15(22-3)16(11-13)23-4)20-18(24)21-17-12(2)7-6-10-19-17/h6-11,14H,5H2,1-4H3,(H2,19,20,21,24)/t14-/m1/s1. The molecular formula is C18H23N3O2S. The molecule has 1 heterocycles. The minimum absolute atomic E-state index is 0.0637. The molecule has 0 fully saturated rings. The summed E-state index contributed by atoms with van der Waals surface area (Å²) in [4.78, 5) is 4.30. The Kier molecular flexibility index (Phi) is 6.37. The van der Waals surface area contributed by atoms with E-state index in [1.807, 2.05) is 37.3 Å². The van der Waals surface area contributed by atoms with Gasteiger partial charge in [0.15, 0.2) is 16.6 Å². The Bertz CT molecular complexity index is 706. The first-order valence-electron chi connectivity index (χ1n) is 7.80. The summed E-state index contributed by atoms with van der Waals surface area (Å²) in [5.41, 5.74) is 2.12. The third-order valence-corrected chi connectivity index (χ3v) is 3.98. The van der Waals surface area contributed by atoms with E-state index in [0.29, 0.717) is 16.6 Å². The molecule has 0 aliphatic rings. The number of aromatic nitrogens is 1. The van der Waals surface area contributed by atoms with Crippen LogP contribution in [0.1, 0.15) is 30.5 Å². The van der Waals surface area contributed by atoms with Crippen LogP contribution in [0.2, 0.25) is 0 Å². The first kappa shape index (κ1) is 18.0. The molecule has 0 saturated heterocycles. The fourth-order valence-electron chi connectivity index (χ4n) is 2.41. The van der Waals surface area contributed by atoms with E-state index >= 15 is 0 Å². The number of nitrogens with zero attached hydrogens (tertiary/aromatic N) is 1. The largest absolute Gasteiger partial charge is 0.493 e. The quantitative estimate of drug-likeness (QED) is 0.776. The monoisotopic (exact) mass is 345 g/mol. The zero-order chi connectivity index (χ0) is 17.5. The van der Waals surface area contributed by atoms with E-state index < -0.39 is 0 Å². The van der Waals surface area contributed by atoms with Crippen LogP contribution in [0.25, 0.3) is 0 Å². The fourth-order valence-corrected chi connectivity index (χ4v) is 2.65. The van der Waals surface area contributed by atoms with Gasteiger partial charge in [-0.2, -0.15) is 0 Å². The van der Waals surface area contributed by atoms with Gasteiger partial charge in [0.05, 0.1) is 20.3 Å². The Morgan fingerprint density at radius 1 is 1.21 bits per heavy atom. The number of aryl methyl sites for hydroxylation is 1. The smallest absolute Gasteiger partial charge is 0.172 e. The normalized spacial score (nSPS) is 11.5. The average Bonchev–Trinajstić information content (AvgIpc) is 2.61. The van der Waals surface area contributed by atoms with E-state index in [2.05, 4.69) is 22.5 Å². The number of ether oxygens (including phenoxy) is 2. The highest BCUT2D eigenvalue weighted by Gasteiger charge is 2.14. The fraction of sp³-hybridized carbons (Fsp3) is 0.333. The molecule has 0 amide bonds. The number of methoxy groups -OCH3 is 2. The summed E-state index contributed by atoms with van der Waals surface area (Å²) < 4.78 is 10.7. The van der Waals surface area contributed by atoms with Crippen molar-refractivity contribution >= 4 is 23.1 Å². The van der Waals surface area contributed by atoms with Gasteiger partial charge in [-0.15, -0.1) is 0 Å². The maximum absolute atomic E-state index is 5.43. The van der Waals surface area contributed by atoms with Gasteiger partial charge in [0, 0.05) is 6.20 Å². The number of pyridine rings is 1. The van der Waals surface area contributed by atoms with Crippen LogP contribution < -0.4 is 20.1 Å². The molecule has 0 unspecified atom stereocenters. The Morgan fingerprint density at radius 2 is 1.96 bits per heavy atom.